The largest absolute Gasteiger partial charge is 0.354 e. The van der Waals surface area contributed by atoms with Gasteiger partial charge in [-0.3, -0.25) is 14.4 Å². The van der Waals surface area contributed by atoms with Gasteiger partial charge in [0, 0.05) is 33.0 Å². The molecule has 0 spiro atoms. The molecule has 6 heteroatoms. The van der Waals surface area contributed by atoms with E-state index in [4.69, 9.17) is 0 Å². The molecule has 1 heterocycles. The predicted octanol–water partition coefficient (Wildman–Crippen LogP) is -1.14. The van der Waals surface area contributed by atoms with Gasteiger partial charge in [-0.1, -0.05) is 0 Å². The zero-order valence-corrected chi connectivity index (χ0v) is 9.58. The van der Waals surface area contributed by atoms with Gasteiger partial charge in [0.25, 0.3) is 0 Å². The normalized spacial score (nSPS) is 18.4. The van der Waals surface area contributed by atoms with Gasteiger partial charge in [-0.05, 0) is 6.92 Å². The quantitative estimate of drug-likeness (QED) is 0.626. The highest BCUT2D eigenvalue weighted by atomic mass is 16.2. The van der Waals surface area contributed by atoms with Crippen LogP contribution >= 0.6 is 0 Å². The van der Waals surface area contributed by atoms with E-state index in [-0.39, 0.29) is 17.7 Å². The van der Waals surface area contributed by atoms with Crippen molar-refractivity contribution in [3.8, 4) is 0 Å². The van der Waals surface area contributed by atoms with E-state index in [9.17, 15) is 14.4 Å². The summed E-state index contributed by atoms with van der Waals surface area (Å²) < 4.78 is 0. The molecule has 16 heavy (non-hydrogen) atoms. The lowest BCUT2D eigenvalue weighted by molar-refractivity contribution is -0.135. The Labute approximate surface area is 94.4 Å². The van der Waals surface area contributed by atoms with E-state index in [0.717, 1.165) is 0 Å². The second-order valence-corrected chi connectivity index (χ2v) is 3.85. The second kappa shape index (κ2) is 5.48. The van der Waals surface area contributed by atoms with Crippen LogP contribution in [0.5, 0.6) is 0 Å². The van der Waals surface area contributed by atoms with E-state index in [2.05, 4.69) is 10.6 Å². The zero-order valence-electron chi connectivity index (χ0n) is 9.58. The van der Waals surface area contributed by atoms with Crippen LogP contribution in [-0.4, -0.2) is 48.3 Å². The smallest absolute Gasteiger partial charge is 0.244 e. The number of nitrogens with one attached hydrogen (secondary N) is 2. The number of hydrogen-bond acceptors (Lipinski definition) is 3. The molecule has 1 fully saturated rings. The van der Waals surface area contributed by atoms with Gasteiger partial charge in [0.2, 0.25) is 17.7 Å². The van der Waals surface area contributed by atoms with Crippen molar-refractivity contribution in [2.45, 2.75) is 26.3 Å². The number of nitrogens with zero attached hydrogens (tertiary/aromatic N) is 1. The van der Waals surface area contributed by atoms with Crippen molar-refractivity contribution < 1.29 is 14.4 Å². The third-order valence-electron chi connectivity index (χ3n) is 2.41. The van der Waals surface area contributed by atoms with Crippen LogP contribution < -0.4 is 10.6 Å². The van der Waals surface area contributed by atoms with E-state index < -0.39 is 6.04 Å². The highest BCUT2D eigenvalue weighted by Gasteiger charge is 2.23. The summed E-state index contributed by atoms with van der Waals surface area (Å²) in [5.41, 5.74) is 0. The maximum atomic E-state index is 11.9. The van der Waals surface area contributed by atoms with Gasteiger partial charge in [-0.15, -0.1) is 0 Å². The van der Waals surface area contributed by atoms with Crippen molar-refractivity contribution >= 4 is 17.7 Å². The highest BCUT2D eigenvalue weighted by molar-refractivity contribution is 5.87. The lowest BCUT2D eigenvalue weighted by Crippen LogP contribution is -2.47. The van der Waals surface area contributed by atoms with Crippen molar-refractivity contribution in [2.24, 2.45) is 0 Å². The Hall–Kier alpha value is -1.59. The molecule has 1 atom stereocenters. The summed E-state index contributed by atoms with van der Waals surface area (Å²) in [7, 11) is 0. The van der Waals surface area contributed by atoms with E-state index in [0.29, 0.717) is 26.1 Å². The third-order valence-corrected chi connectivity index (χ3v) is 2.41. The maximum absolute atomic E-state index is 11.9. The van der Waals surface area contributed by atoms with Crippen molar-refractivity contribution in [1.82, 2.24) is 15.5 Å². The fourth-order valence-electron chi connectivity index (χ4n) is 1.63. The number of rotatable bonds is 2. The lowest BCUT2D eigenvalue weighted by atomic mass is 10.2. The van der Waals surface area contributed by atoms with Crippen LogP contribution in [-0.2, 0) is 14.4 Å². The Bertz CT molecular complexity index is 304. The minimum absolute atomic E-state index is 0.0394. The zero-order chi connectivity index (χ0) is 12.1. The van der Waals surface area contributed by atoms with Crippen molar-refractivity contribution in [3.05, 3.63) is 0 Å². The fourth-order valence-corrected chi connectivity index (χ4v) is 1.63. The van der Waals surface area contributed by atoms with Gasteiger partial charge in [0.05, 0.1) is 0 Å². The molecule has 2 N–H and O–H groups in total. The maximum Gasteiger partial charge on any atom is 0.244 e. The highest BCUT2D eigenvalue weighted by Crippen LogP contribution is 2.00. The third kappa shape index (κ3) is 3.52. The topological polar surface area (TPSA) is 78.5 Å². The molecule has 0 aromatic rings. The average Bonchev–Trinajstić information content (AvgIpc) is 2.41. The molecule has 3 amide bonds. The summed E-state index contributed by atoms with van der Waals surface area (Å²) >= 11 is 0. The first-order chi connectivity index (χ1) is 7.50. The number of hydrogen-bond donors (Lipinski definition) is 2. The molecular weight excluding hydrogens is 210 g/mol. The Morgan fingerprint density at radius 1 is 1.44 bits per heavy atom. The van der Waals surface area contributed by atoms with E-state index in [1.165, 1.54) is 6.92 Å². The van der Waals surface area contributed by atoms with Crippen LogP contribution in [0.4, 0.5) is 0 Å². The first-order valence-corrected chi connectivity index (χ1v) is 5.33. The monoisotopic (exact) mass is 227 g/mol. The van der Waals surface area contributed by atoms with E-state index in [1.54, 1.807) is 11.8 Å². The average molecular weight is 227 g/mol. The van der Waals surface area contributed by atoms with Gasteiger partial charge < -0.3 is 15.5 Å². The molecule has 0 radical (unpaired) electrons. The molecule has 1 rings (SSSR count). The van der Waals surface area contributed by atoms with Crippen molar-refractivity contribution in [2.75, 3.05) is 19.6 Å². The molecule has 0 aromatic heterocycles. The van der Waals surface area contributed by atoms with Crippen LogP contribution in [0.1, 0.15) is 20.3 Å². The number of amides is 3. The number of carbonyl (C=O) groups excluding carboxylic acids is 3. The molecule has 1 unspecified atom stereocenters. The van der Waals surface area contributed by atoms with Gasteiger partial charge in [-0.2, -0.15) is 0 Å². The molecule has 0 aromatic carbocycles. The van der Waals surface area contributed by atoms with Crippen LogP contribution in [0.15, 0.2) is 0 Å². The molecule has 0 bridgehead atoms. The van der Waals surface area contributed by atoms with Gasteiger partial charge in [0.1, 0.15) is 6.04 Å². The Morgan fingerprint density at radius 3 is 2.75 bits per heavy atom. The Balaban J connectivity index is 2.52. The minimum atomic E-state index is -0.536. The van der Waals surface area contributed by atoms with E-state index >= 15 is 0 Å². The Morgan fingerprint density at radius 2 is 2.12 bits per heavy atom. The molecule has 1 aliphatic heterocycles. The SMILES string of the molecule is CC(=O)NC(C)C(=O)N1CCNC(=O)CC1. The molecule has 6 nitrogen and oxygen atoms in total. The predicted molar refractivity (Wildman–Crippen MR) is 57.5 cm³/mol. The number of carbonyl (C=O) groups is 3. The summed E-state index contributed by atoms with van der Waals surface area (Å²) in [6, 6.07) is -0.536. The summed E-state index contributed by atoms with van der Waals surface area (Å²) in [6.07, 6.45) is 0.318. The van der Waals surface area contributed by atoms with E-state index in [1.807, 2.05) is 0 Å². The fraction of sp³-hybridized carbons (Fsp3) is 0.700. The summed E-state index contributed by atoms with van der Waals surface area (Å²) in [6.45, 7) is 4.39. The molecule has 0 aliphatic carbocycles. The standard InChI is InChI=1S/C10H17N3O3/c1-7(12-8(2)14)10(16)13-5-3-9(15)11-4-6-13/h7H,3-6H2,1-2H3,(H,11,15)(H,12,14). The van der Waals surface area contributed by atoms with Crippen LogP contribution in [0.25, 0.3) is 0 Å². The molecular formula is C10H17N3O3. The Kier molecular flexibility index (Phi) is 4.28. The summed E-state index contributed by atoms with van der Waals surface area (Å²) in [4.78, 5) is 35.4. The molecule has 1 saturated heterocycles. The second-order valence-electron chi connectivity index (χ2n) is 3.85. The van der Waals surface area contributed by atoms with Crippen molar-refractivity contribution in [3.63, 3.8) is 0 Å². The molecule has 0 saturated carbocycles. The summed E-state index contributed by atoms with van der Waals surface area (Å²) in [5, 5.41) is 5.22. The van der Waals surface area contributed by atoms with Crippen LogP contribution in [0, 0.1) is 0 Å². The lowest BCUT2D eigenvalue weighted by Gasteiger charge is -2.23. The first kappa shape index (κ1) is 12.5. The van der Waals surface area contributed by atoms with Gasteiger partial charge in [-0.25, -0.2) is 0 Å². The van der Waals surface area contributed by atoms with Crippen LogP contribution in [0.3, 0.4) is 0 Å². The molecule has 90 valence electrons. The van der Waals surface area contributed by atoms with Gasteiger partial charge >= 0.3 is 0 Å². The van der Waals surface area contributed by atoms with Gasteiger partial charge in [0.15, 0.2) is 0 Å². The minimum Gasteiger partial charge on any atom is -0.354 e. The molecule has 1 aliphatic rings. The van der Waals surface area contributed by atoms with Crippen molar-refractivity contribution in [1.29, 1.82) is 0 Å². The first-order valence-electron chi connectivity index (χ1n) is 5.33. The summed E-state index contributed by atoms with van der Waals surface area (Å²) in [5.74, 6) is -0.418. The van der Waals surface area contributed by atoms with Crippen LogP contribution in [0.2, 0.25) is 0 Å².